The van der Waals surface area contributed by atoms with Crippen molar-refractivity contribution in [3.05, 3.63) is 0 Å². The summed E-state index contributed by atoms with van der Waals surface area (Å²) in [4.78, 5) is 14.8. The highest BCUT2D eigenvalue weighted by atomic mass is 16.6. The molecule has 0 aliphatic heterocycles. The smallest absolute Gasteiger partial charge is 0.245 e. The molecule has 0 bridgehead atoms. The second-order valence-electron chi connectivity index (χ2n) is 2.00. The third kappa shape index (κ3) is 9.35. The molecule has 0 rings (SSSR count). The fraction of sp³-hybridized carbons (Fsp3) is 0.833. The molecule has 3 N–H and O–H groups in total. The van der Waals surface area contributed by atoms with Gasteiger partial charge in [-0.05, 0) is 6.42 Å². The van der Waals surface area contributed by atoms with E-state index < -0.39 is 5.91 Å². The van der Waals surface area contributed by atoms with E-state index in [0.717, 1.165) is 6.42 Å². The van der Waals surface area contributed by atoms with Crippen LogP contribution in [-0.2, 0) is 14.4 Å². The molecule has 0 aliphatic carbocycles. The molecular formula is C6H14N2O3. The van der Waals surface area contributed by atoms with E-state index in [9.17, 15) is 4.79 Å². The van der Waals surface area contributed by atoms with Crippen molar-refractivity contribution < 1.29 is 14.4 Å². The number of nitrogens with two attached hydrogens (primary N) is 1. The van der Waals surface area contributed by atoms with Crippen molar-refractivity contribution in [2.75, 3.05) is 26.9 Å². The lowest BCUT2D eigenvalue weighted by atomic mass is 10.5. The Morgan fingerprint density at radius 1 is 1.64 bits per heavy atom. The Kier molecular flexibility index (Phi) is 7.02. The first kappa shape index (κ1) is 10.3. The molecule has 5 nitrogen and oxygen atoms in total. The van der Waals surface area contributed by atoms with Gasteiger partial charge in [0, 0.05) is 20.3 Å². The van der Waals surface area contributed by atoms with Crippen molar-refractivity contribution >= 4 is 5.91 Å². The van der Waals surface area contributed by atoms with Crippen LogP contribution in [0.4, 0.5) is 0 Å². The molecule has 0 saturated heterocycles. The first-order chi connectivity index (χ1) is 5.27. The van der Waals surface area contributed by atoms with Crippen LogP contribution in [0.1, 0.15) is 6.42 Å². The second-order valence-corrected chi connectivity index (χ2v) is 2.00. The summed E-state index contributed by atoms with van der Waals surface area (Å²) in [5, 5.41) is 0. The summed E-state index contributed by atoms with van der Waals surface area (Å²) in [5.41, 5.74) is 7.38. The number of hydroxylamine groups is 1. The molecule has 11 heavy (non-hydrogen) atoms. The number of ether oxygens (including phenoxy) is 1. The lowest BCUT2D eigenvalue weighted by molar-refractivity contribution is -0.125. The van der Waals surface area contributed by atoms with Gasteiger partial charge in [0.15, 0.2) is 0 Å². The van der Waals surface area contributed by atoms with Crippen molar-refractivity contribution in [3.63, 3.8) is 0 Å². The molecule has 5 heteroatoms. The van der Waals surface area contributed by atoms with Gasteiger partial charge in [-0.2, -0.15) is 0 Å². The van der Waals surface area contributed by atoms with Crippen molar-refractivity contribution in [1.29, 1.82) is 0 Å². The van der Waals surface area contributed by atoms with Gasteiger partial charge in [0.25, 0.3) is 0 Å². The molecule has 0 radical (unpaired) electrons. The van der Waals surface area contributed by atoms with Crippen LogP contribution in [-0.4, -0.2) is 32.8 Å². The first-order valence-corrected chi connectivity index (χ1v) is 3.39. The Morgan fingerprint density at radius 2 is 2.36 bits per heavy atom. The van der Waals surface area contributed by atoms with E-state index in [4.69, 9.17) is 10.5 Å². The Hall–Kier alpha value is -0.650. The Morgan fingerprint density at radius 3 is 2.91 bits per heavy atom. The summed E-state index contributed by atoms with van der Waals surface area (Å²) < 4.78 is 4.78. The number of rotatable bonds is 7. The van der Waals surface area contributed by atoms with Gasteiger partial charge in [-0.3, -0.25) is 9.63 Å². The number of amides is 1. The zero-order valence-corrected chi connectivity index (χ0v) is 6.63. The van der Waals surface area contributed by atoms with Gasteiger partial charge < -0.3 is 10.5 Å². The minimum absolute atomic E-state index is 0.0903. The third-order valence-corrected chi connectivity index (χ3v) is 0.944. The highest BCUT2D eigenvalue weighted by Gasteiger charge is 1.92. The summed E-state index contributed by atoms with van der Waals surface area (Å²) in [6.07, 6.45) is 0.843. The summed E-state index contributed by atoms with van der Waals surface area (Å²) in [5.74, 6) is -0.482. The van der Waals surface area contributed by atoms with E-state index >= 15 is 0 Å². The van der Waals surface area contributed by atoms with Crippen LogP contribution in [0.5, 0.6) is 0 Å². The number of hydrogen-bond acceptors (Lipinski definition) is 4. The Balaban J connectivity index is 2.85. The van der Waals surface area contributed by atoms with Gasteiger partial charge in [-0.1, -0.05) is 0 Å². The molecule has 1 amide bonds. The molecule has 66 valence electrons. The zero-order chi connectivity index (χ0) is 8.53. The van der Waals surface area contributed by atoms with Crippen LogP contribution in [0.2, 0.25) is 0 Å². The van der Waals surface area contributed by atoms with Crippen LogP contribution in [0.15, 0.2) is 0 Å². The van der Waals surface area contributed by atoms with Crippen LogP contribution < -0.4 is 11.2 Å². The lowest BCUT2D eigenvalue weighted by Gasteiger charge is -2.02. The third-order valence-electron chi connectivity index (χ3n) is 0.944. The fourth-order valence-electron chi connectivity index (χ4n) is 0.483. The van der Waals surface area contributed by atoms with Gasteiger partial charge in [-0.15, -0.1) is 0 Å². The van der Waals surface area contributed by atoms with Crippen molar-refractivity contribution in [2.45, 2.75) is 6.42 Å². The predicted octanol–water partition coefficient (Wildman–Crippen LogP) is -0.971. The molecule has 0 aliphatic rings. The van der Waals surface area contributed by atoms with Crippen LogP contribution in [0.25, 0.3) is 0 Å². The van der Waals surface area contributed by atoms with E-state index in [1.807, 2.05) is 0 Å². The van der Waals surface area contributed by atoms with E-state index in [2.05, 4.69) is 10.3 Å². The summed E-state index contributed by atoms with van der Waals surface area (Å²) >= 11 is 0. The maximum absolute atomic E-state index is 10.1. The normalized spacial score (nSPS) is 9.91. The maximum Gasteiger partial charge on any atom is 0.245 e. The molecule has 0 unspecified atom stereocenters. The number of methoxy groups -OCH3 is 1. The minimum Gasteiger partial charge on any atom is -0.385 e. The average Bonchev–Trinajstić information content (AvgIpc) is 1.96. The number of carbonyl (C=O) groups is 1. The number of hydrogen-bond donors (Lipinski definition) is 2. The van der Waals surface area contributed by atoms with Crippen LogP contribution >= 0.6 is 0 Å². The topological polar surface area (TPSA) is 73.6 Å². The minimum atomic E-state index is -0.482. The van der Waals surface area contributed by atoms with Crippen LogP contribution in [0, 0.1) is 0 Å². The van der Waals surface area contributed by atoms with Crippen molar-refractivity contribution in [1.82, 2.24) is 5.48 Å². The molecule has 0 saturated carbocycles. The van der Waals surface area contributed by atoms with E-state index in [1.165, 1.54) is 0 Å². The predicted molar refractivity (Wildman–Crippen MR) is 39.6 cm³/mol. The number of carbonyl (C=O) groups excluding carboxylic acids is 1. The molecule has 0 spiro atoms. The average molecular weight is 162 g/mol. The summed E-state index contributed by atoms with van der Waals surface area (Å²) in [6, 6.07) is 0. The molecule has 0 aromatic heterocycles. The number of primary amides is 1. The molecule has 0 aromatic carbocycles. The summed E-state index contributed by atoms with van der Waals surface area (Å²) in [7, 11) is 1.63. The molecule has 0 aromatic rings. The van der Waals surface area contributed by atoms with Crippen molar-refractivity contribution in [2.24, 2.45) is 5.73 Å². The van der Waals surface area contributed by atoms with E-state index in [1.54, 1.807) is 7.11 Å². The number of nitrogens with one attached hydrogen (secondary N) is 1. The quantitative estimate of drug-likeness (QED) is 0.373. The van der Waals surface area contributed by atoms with Crippen LogP contribution in [0.3, 0.4) is 0 Å². The van der Waals surface area contributed by atoms with Gasteiger partial charge in [0.1, 0.15) is 6.61 Å². The van der Waals surface area contributed by atoms with E-state index in [-0.39, 0.29) is 6.61 Å². The highest BCUT2D eigenvalue weighted by Crippen LogP contribution is 1.76. The second kappa shape index (κ2) is 7.46. The van der Waals surface area contributed by atoms with Gasteiger partial charge in [0.05, 0.1) is 0 Å². The molecular weight excluding hydrogens is 148 g/mol. The van der Waals surface area contributed by atoms with Gasteiger partial charge in [0.2, 0.25) is 5.91 Å². The fourth-order valence-corrected chi connectivity index (χ4v) is 0.483. The van der Waals surface area contributed by atoms with Gasteiger partial charge >= 0.3 is 0 Å². The molecule has 0 heterocycles. The monoisotopic (exact) mass is 162 g/mol. The SMILES string of the molecule is COCCCNOCC(N)=O. The van der Waals surface area contributed by atoms with Crippen molar-refractivity contribution in [3.8, 4) is 0 Å². The Bertz CT molecular complexity index is 108. The Labute approximate surface area is 65.8 Å². The molecule has 0 fully saturated rings. The van der Waals surface area contributed by atoms with E-state index in [0.29, 0.717) is 13.2 Å². The first-order valence-electron chi connectivity index (χ1n) is 3.39. The standard InChI is InChI=1S/C6H14N2O3/c1-10-4-2-3-8-11-5-6(7)9/h8H,2-5H2,1H3,(H2,7,9). The zero-order valence-electron chi connectivity index (χ0n) is 6.63. The largest absolute Gasteiger partial charge is 0.385 e. The molecule has 0 atom stereocenters. The lowest BCUT2D eigenvalue weighted by Crippen LogP contribution is -2.25. The summed E-state index contributed by atoms with van der Waals surface area (Å²) in [6.45, 7) is 1.24. The maximum atomic E-state index is 10.1. The highest BCUT2D eigenvalue weighted by molar-refractivity contribution is 5.74. The van der Waals surface area contributed by atoms with Gasteiger partial charge in [-0.25, -0.2) is 5.48 Å².